The first-order valence-electron chi connectivity index (χ1n) is 8.53. The van der Waals surface area contributed by atoms with E-state index in [1.807, 2.05) is 0 Å². The van der Waals surface area contributed by atoms with Crippen LogP contribution in [0.15, 0.2) is 45.8 Å². The fraction of sp³-hybridized carbons (Fsp3) is 0.250. The van der Waals surface area contributed by atoms with Gasteiger partial charge in [0.15, 0.2) is 5.60 Å². The Bertz CT molecular complexity index is 1120. The molecule has 0 saturated heterocycles. The SMILES string of the molecule is C[C@]1(CO)Oc2cc3occ(-c4ccc(O)cc4)c(=O)c3c(O)c2[C@@H](O)[C@H]1O. The predicted molar refractivity (Wildman–Crippen MR) is 98.3 cm³/mol. The number of aliphatic hydroxyl groups excluding tert-OH is 3. The van der Waals surface area contributed by atoms with Gasteiger partial charge in [0.2, 0.25) is 5.43 Å². The molecule has 3 atom stereocenters. The number of phenols is 2. The molecule has 3 aromatic rings. The summed E-state index contributed by atoms with van der Waals surface area (Å²) in [5.41, 5.74) is -1.55. The zero-order valence-electron chi connectivity index (χ0n) is 14.8. The van der Waals surface area contributed by atoms with E-state index >= 15 is 0 Å². The van der Waals surface area contributed by atoms with Crippen LogP contribution in [0.5, 0.6) is 17.2 Å². The van der Waals surface area contributed by atoms with Crippen molar-refractivity contribution in [3.8, 4) is 28.4 Å². The van der Waals surface area contributed by atoms with Crippen LogP contribution < -0.4 is 10.2 Å². The van der Waals surface area contributed by atoms with E-state index in [0.717, 1.165) is 0 Å². The van der Waals surface area contributed by atoms with Crippen LogP contribution in [0, 0.1) is 0 Å². The summed E-state index contributed by atoms with van der Waals surface area (Å²) in [6.45, 7) is 0.836. The summed E-state index contributed by atoms with van der Waals surface area (Å²) >= 11 is 0. The number of ether oxygens (including phenoxy) is 1. The van der Waals surface area contributed by atoms with E-state index < -0.39 is 35.6 Å². The molecule has 2 aromatic carbocycles. The van der Waals surface area contributed by atoms with Crippen molar-refractivity contribution in [3.63, 3.8) is 0 Å². The van der Waals surface area contributed by atoms with Crippen molar-refractivity contribution in [1.29, 1.82) is 0 Å². The van der Waals surface area contributed by atoms with Crippen LogP contribution in [-0.2, 0) is 0 Å². The lowest BCUT2D eigenvalue weighted by molar-refractivity contribution is -0.139. The van der Waals surface area contributed by atoms with Crippen molar-refractivity contribution in [3.05, 3.63) is 52.4 Å². The molecule has 1 aliphatic heterocycles. The van der Waals surface area contributed by atoms with Gasteiger partial charge in [-0.25, -0.2) is 0 Å². The quantitative estimate of drug-likeness (QED) is 0.445. The van der Waals surface area contributed by atoms with Crippen molar-refractivity contribution < 1.29 is 34.7 Å². The van der Waals surface area contributed by atoms with Crippen LogP contribution in [-0.4, -0.2) is 43.8 Å². The molecule has 1 aliphatic rings. The number of rotatable bonds is 2. The predicted octanol–water partition coefficient (Wildman–Crippen LogP) is 1.41. The Hall–Kier alpha value is -3.07. The Labute approximate surface area is 158 Å². The molecule has 5 N–H and O–H groups in total. The largest absolute Gasteiger partial charge is 0.508 e. The van der Waals surface area contributed by atoms with E-state index in [0.29, 0.717) is 5.56 Å². The minimum absolute atomic E-state index is 0.000108. The highest BCUT2D eigenvalue weighted by atomic mass is 16.5. The van der Waals surface area contributed by atoms with Crippen molar-refractivity contribution in [2.24, 2.45) is 0 Å². The maximum absolute atomic E-state index is 13.0. The van der Waals surface area contributed by atoms with Gasteiger partial charge in [-0.3, -0.25) is 4.79 Å². The van der Waals surface area contributed by atoms with E-state index in [1.54, 1.807) is 0 Å². The Morgan fingerprint density at radius 3 is 2.46 bits per heavy atom. The van der Waals surface area contributed by atoms with Gasteiger partial charge >= 0.3 is 0 Å². The number of aromatic hydroxyl groups is 2. The summed E-state index contributed by atoms with van der Waals surface area (Å²) in [4.78, 5) is 13.0. The average molecular weight is 386 g/mol. The van der Waals surface area contributed by atoms with Gasteiger partial charge < -0.3 is 34.7 Å². The lowest BCUT2D eigenvalue weighted by Crippen LogP contribution is -2.53. The second kappa shape index (κ2) is 6.23. The number of hydrogen-bond donors (Lipinski definition) is 5. The van der Waals surface area contributed by atoms with Crippen LogP contribution in [0.2, 0.25) is 0 Å². The maximum Gasteiger partial charge on any atom is 0.204 e. The van der Waals surface area contributed by atoms with Gasteiger partial charge in [0.25, 0.3) is 0 Å². The molecule has 0 fully saturated rings. The van der Waals surface area contributed by atoms with Gasteiger partial charge in [-0.15, -0.1) is 0 Å². The molecule has 8 heteroatoms. The molecule has 4 rings (SSSR count). The van der Waals surface area contributed by atoms with Crippen LogP contribution in [0.1, 0.15) is 18.6 Å². The van der Waals surface area contributed by atoms with Gasteiger partial charge in [0, 0.05) is 6.07 Å². The van der Waals surface area contributed by atoms with Crippen molar-refractivity contribution >= 4 is 11.0 Å². The molecule has 0 radical (unpaired) electrons. The van der Waals surface area contributed by atoms with Crippen LogP contribution >= 0.6 is 0 Å². The van der Waals surface area contributed by atoms with Gasteiger partial charge in [-0.2, -0.15) is 0 Å². The molecular formula is C20H18O8. The number of benzene rings is 2. The van der Waals surface area contributed by atoms with Crippen LogP contribution in [0.4, 0.5) is 0 Å². The number of fused-ring (bicyclic) bond motifs is 2. The Morgan fingerprint density at radius 2 is 1.82 bits per heavy atom. The molecule has 8 nitrogen and oxygen atoms in total. The first-order valence-corrected chi connectivity index (χ1v) is 8.53. The van der Waals surface area contributed by atoms with Crippen LogP contribution in [0.3, 0.4) is 0 Å². The molecular weight excluding hydrogens is 368 g/mol. The molecule has 1 aromatic heterocycles. The summed E-state index contributed by atoms with van der Waals surface area (Å²) < 4.78 is 11.1. The topological polar surface area (TPSA) is 141 Å². The van der Waals surface area contributed by atoms with Gasteiger partial charge in [0.05, 0.1) is 17.7 Å². The molecule has 0 saturated carbocycles. The third kappa shape index (κ3) is 2.54. The van der Waals surface area contributed by atoms with Gasteiger partial charge in [-0.1, -0.05) is 12.1 Å². The lowest BCUT2D eigenvalue weighted by Gasteiger charge is -2.41. The molecule has 0 spiro atoms. The minimum Gasteiger partial charge on any atom is -0.508 e. The molecule has 0 unspecified atom stereocenters. The maximum atomic E-state index is 13.0. The fourth-order valence-corrected chi connectivity index (χ4v) is 3.40. The third-order valence-corrected chi connectivity index (χ3v) is 5.10. The number of phenolic OH excluding ortho intramolecular Hbond substituents is 2. The molecule has 0 bridgehead atoms. The molecule has 0 amide bonds. The zero-order valence-corrected chi connectivity index (χ0v) is 14.8. The van der Waals surface area contributed by atoms with E-state index in [2.05, 4.69) is 0 Å². The van der Waals surface area contributed by atoms with Crippen molar-refractivity contribution in [2.75, 3.05) is 6.61 Å². The standard InChI is InChI=1S/C20H18O8/c1-20(8-21)19(26)18(25)15-13(28-20)6-12-14(17(15)24)16(23)11(7-27-12)9-2-4-10(22)5-3-9/h2-7,18-19,21-22,24-26H,8H2,1H3/t18-,19-,20-/m1/s1. The highest BCUT2D eigenvalue weighted by Gasteiger charge is 2.47. The Kier molecular flexibility index (Phi) is 4.07. The summed E-state index contributed by atoms with van der Waals surface area (Å²) in [5, 5.41) is 50.3. The minimum atomic E-state index is -1.58. The highest BCUT2D eigenvalue weighted by Crippen LogP contribution is 2.47. The Morgan fingerprint density at radius 1 is 1.14 bits per heavy atom. The summed E-state index contributed by atoms with van der Waals surface area (Å²) in [6.07, 6.45) is -1.88. The third-order valence-electron chi connectivity index (χ3n) is 5.10. The molecule has 2 heterocycles. The summed E-state index contributed by atoms with van der Waals surface area (Å²) in [5.74, 6) is -0.527. The zero-order chi connectivity index (χ0) is 20.2. The van der Waals surface area contributed by atoms with Gasteiger partial charge in [-0.05, 0) is 24.6 Å². The second-order valence-corrected chi connectivity index (χ2v) is 7.00. The summed E-state index contributed by atoms with van der Waals surface area (Å²) in [7, 11) is 0. The first-order chi connectivity index (χ1) is 13.3. The fourth-order valence-electron chi connectivity index (χ4n) is 3.40. The van der Waals surface area contributed by atoms with Crippen LogP contribution in [0.25, 0.3) is 22.1 Å². The van der Waals surface area contributed by atoms with E-state index in [1.165, 1.54) is 43.5 Å². The van der Waals surface area contributed by atoms with E-state index in [9.17, 15) is 30.3 Å². The average Bonchev–Trinajstić information content (AvgIpc) is 2.67. The summed E-state index contributed by atoms with van der Waals surface area (Å²) in [6, 6.07) is 7.20. The van der Waals surface area contributed by atoms with Gasteiger partial charge in [0.1, 0.15) is 46.7 Å². The first kappa shape index (κ1) is 18.3. The van der Waals surface area contributed by atoms with E-state index in [4.69, 9.17) is 9.15 Å². The van der Waals surface area contributed by atoms with Crippen molar-refractivity contribution in [2.45, 2.75) is 24.7 Å². The number of aliphatic hydroxyl groups is 3. The second-order valence-electron chi connectivity index (χ2n) is 7.00. The Balaban J connectivity index is 1.97. The van der Waals surface area contributed by atoms with Crippen molar-refractivity contribution in [1.82, 2.24) is 0 Å². The van der Waals surface area contributed by atoms with E-state index in [-0.39, 0.29) is 33.6 Å². The lowest BCUT2D eigenvalue weighted by atomic mass is 9.86. The normalized spacial score (nSPS) is 24.0. The monoisotopic (exact) mass is 386 g/mol. The molecule has 146 valence electrons. The molecule has 0 aliphatic carbocycles. The number of hydrogen-bond acceptors (Lipinski definition) is 8. The smallest absolute Gasteiger partial charge is 0.204 e. The highest BCUT2D eigenvalue weighted by molar-refractivity contribution is 5.90. The molecule has 28 heavy (non-hydrogen) atoms.